The second kappa shape index (κ2) is 2.69. The van der Waals surface area contributed by atoms with Crippen LogP contribution in [0.2, 0.25) is 0 Å². The van der Waals surface area contributed by atoms with Crippen LogP contribution in [0.3, 0.4) is 0 Å². The second-order valence-electron chi connectivity index (χ2n) is 4.10. The first-order valence-corrected chi connectivity index (χ1v) is 4.62. The van der Waals surface area contributed by atoms with Crippen molar-refractivity contribution in [2.24, 2.45) is 11.8 Å². The molecule has 3 heteroatoms. The van der Waals surface area contributed by atoms with Crippen LogP contribution in [0.4, 0.5) is 0 Å². The Kier molecular flexibility index (Phi) is 1.90. The largest absolute Gasteiger partial charge is 0.396 e. The van der Waals surface area contributed by atoms with E-state index in [-0.39, 0.29) is 25.2 Å². The quantitative estimate of drug-likeness (QED) is 0.623. The summed E-state index contributed by atoms with van der Waals surface area (Å²) in [6, 6.07) is 0. The molecule has 2 aliphatic rings. The molecule has 0 aromatic heterocycles. The molecule has 2 rings (SSSR count). The van der Waals surface area contributed by atoms with Gasteiger partial charge >= 0.3 is 0 Å². The Morgan fingerprint density at radius 3 is 2.58 bits per heavy atom. The Hall–Kier alpha value is -0.120. The maximum Gasteiger partial charge on any atom is 0.0992 e. The van der Waals surface area contributed by atoms with Gasteiger partial charge in [-0.25, -0.2) is 0 Å². The fourth-order valence-electron chi connectivity index (χ4n) is 2.78. The van der Waals surface area contributed by atoms with Crippen molar-refractivity contribution in [1.29, 1.82) is 0 Å². The maximum absolute atomic E-state index is 9.28. The Morgan fingerprint density at radius 2 is 2.17 bits per heavy atom. The number of aliphatic hydroxyl groups excluding tert-OH is 2. The van der Waals surface area contributed by atoms with Gasteiger partial charge in [0.15, 0.2) is 0 Å². The monoisotopic (exact) mass is 172 g/mol. The third-order valence-electron chi connectivity index (χ3n) is 3.54. The van der Waals surface area contributed by atoms with E-state index in [9.17, 15) is 5.11 Å². The third-order valence-corrected chi connectivity index (χ3v) is 3.54. The van der Waals surface area contributed by atoms with Gasteiger partial charge < -0.3 is 14.9 Å². The lowest BCUT2D eigenvalue weighted by molar-refractivity contribution is -0.0784. The van der Waals surface area contributed by atoms with Gasteiger partial charge in [-0.1, -0.05) is 6.92 Å². The maximum atomic E-state index is 9.28. The van der Waals surface area contributed by atoms with E-state index in [0.29, 0.717) is 5.92 Å². The summed E-state index contributed by atoms with van der Waals surface area (Å²) < 4.78 is 5.71. The van der Waals surface area contributed by atoms with Gasteiger partial charge in [-0.2, -0.15) is 0 Å². The summed E-state index contributed by atoms with van der Waals surface area (Å²) in [5.74, 6) is 0.537. The molecule has 4 atom stereocenters. The van der Waals surface area contributed by atoms with Crippen LogP contribution >= 0.6 is 0 Å². The van der Waals surface area contributed by atoms with Crippen LogP contribution in [0, 0.1) is 11.8 Å². The third kappa shape index (κ3) is 0.873. The molecule has 3 nitrogen and oxygen atoms in total. The van der Waals surface area contributed by atoms with Crippen molar-refractivity contribution in [3.63, 3.8) is 0 Å². The zero-order chi connectivity index (χ0) is 8.77. The van der Waals surface area contributed by atoms with E-state index in [2.05, 4.69) is 6.92 Å². The standard InChI is InChI=1S/C9H16O3/c1-6-2-8-3-7(4-10)9(6,5-11)12-8/h6-8,10-11H,2-5H2,1H3/t6-,7-,8-,9+/m0/s1. The van der Waals surface area contributed by atoms with Crippen molar-refractivity contribution in [1.82, 2.24) is 0 Å². The Bertz CT molecular complexity index is 183. The summed E-state index contributed by atoms with van der Waals surface area (Å²) >= 11 is 0. The predicted molar refractivity (Wildman–Crippen MR) is 43.7 cm³/mol. The van der Waals surface area contributed by atoms with Gasteiger partial charge in [-0.05, 0) is 18.8 Å². The van der Waals surface area contributed by atoms with E-state index in [1.54, 1.807) is 0 Å². The first-order valence-electron chi connectivity index (χ1n) is 4.62. The van der Waals surface area contributed by atoms with Crippen molar-refractivity contribution in [3.05, 3.63) is 0 Å². The van der Waals surface area contributed by atoms with Crippen LogP contribution in [0.5, 0.6) is 0 Å². The lowest BCUT2D eigenvalue weighted by Gasteiger charge is -2.34. The van der Waals surface area contributed by atoms with Crippen molar-refractivity contribution in [2.45, 2.75) is 31.5 Å². The average molecular weight is 172 g/mol. The molecule has 2 bridgehead atoms. The topological polar surface area (TPSA) is 49.7 Å². The van der Waals surface area contributed by atoms with Gasteiger partial charge in [-0.3, -0.25) is 0 Å². The van der Waals surface area contributed by atoms with Crippen molar-refractivity contribution in [3.8, 4) is 0 Å². The molecule has 2 fully saturated rings. The van der Waals surface area contributed by atoms with E-state index < -0.39 is 5.60 Å². The first kappa shape index (κ1) is 8.48. The average Bonchev–Trinajstić information content (AvgIpc) is 2.57. The number of ether oxygens (including phenoxy) is 1. The molecule has 0 radical (unpaired) electrons. The molecule has 0 spiro atoms. The van der Waals surface area contributed by atoms with Gasteiger partial charge in [0.1, 0.15) is 0 Å². The molecule has 2 heterocycles. The summed E-state index contributed by atoms with van der Waals surface area (Å²) in [4.78, 5) is 0. The molecule has 0 unspecified atom stereocenters. The highest BCUT2D eigenvalue weighted by Gasteiger charge is 2.57. The van der Waals surface area contributed by atoms with E-state index in [4.69, 9.17) is 9.84 Å². The molecule has 12 heavy (non-hydrogen) atoms. The SMILES string of the molecule is C[C@H]1C[C@H]2C[C@@H](CO)[C@]1(CO)O2. The molecule has 2 N–H and O–H groups in total. The summed E-state index contributed by atoms with van der Waals surface area (Å²) in [5.41, 5.74) is -0.417. The van der Waals surface area contributed by atoms with Crippen LogP contribution in [0.25, 0.3) is 0 Å². The fraction of sp³-hybridized carbons (Fsp3) is 1.00. The van der Waals surface area contributed by atoms with E-state index in [1.807, 2.05) is 0 Å². The van der Waals surface area contributed by atoms with E-state index in [1.165, 1.54) is 0 Å². The van der Waals surface area contributed by atoms with Crippen molar-refractivity contribution < 1.29 is 14.9 Å². The highest BCUT2D eigenvalue weighted by atomic mass is 16.5. The van der Waals surface area contributed by atoms with Crippen LogP contribution in [0.1, 0.15) is 19.8 Å². The summed E-state index contributed by atoms with van der Waals surface area (Å²) in [7, 11) is 0. The van der Waals surface area contributed by atoms with Crippen molar-refractivity contribution >= 4 is 0 Å². The van der Waals surface area contributed by atoms with Gasteiger partial charge in [0.05, 0.1) is 18.3 Å². The minimum atomic E-state index is -0.417. The summed E-state index contributed by atoms with van der Waals surface area (Å²) in [5, 5.41) is 18.4. The minimum Gasteiger partial charge on any atom is -0.396 e. The smallest absolute Gasteiger partial charge is 0.0992 e. The van der Waals surface area contributed by atoms with Crippen LogP contribution < -0.4 is 0 Å². The normalized spacial score (nSPS) is 51.8. The minimum absolute atomic E-state index is 0.0515. The second-order valence-corrected chi connectivity index (χ2v) is 4.10. The number of aliphatic hydroxyl groups is 2. The molecular formula is C9H16O3. The Balaban J connectivity index is 2.22. The molecule has 0 aromatic carbocycles. The van der Waals surface area contributed by atoms with Crippen molar-refractivity contribution in [2.75, 3.05) is 13.2 Å². The molecule has 2 aliphatic heterocycles. The lowest BCUT2D eigenvalue weighted by atomic mass is 9.73. The highest BCUT2D eigenvalue weighted by Crippen LogP contribution is 2.50. The first-order chi connectivity index (χ1) is 5.73. The van der Waals surface area contributed by atoms with E-state index >= 15 is 0 Å². The zero-order valence-corrected chi connectivity index (χ0v) is 7.36. The van der Waals surface area contributed by atoms with Gasteiger partial charge in [0, 0.05) is 12.5 Å². The molecule has 70 valence electrons. The highest BCUT2D eigenvalue weighted by molar-refractivity contribution is 5.05. The summed E-state index contributed by atoms with van der Waals surface area (Å²) in [6.45, 7) is 2.29. The molecule has 0 aliphatic carbocycles. The number of rotatable bonds is 2. The predicted octanol–water partition coefficient (Wildman–Crippen LogP) is 0.155. The number of hydrogen-bond acceptors (Lipinski definition) is 3. The fourth-order valence-corrected chi connectivity index (χ4v) is 2.78. The Labute approximate surface area is 72.3 Å². The number of hydrogen-bond donors (Lipinski definition) is 2. The Morgan fingerprint density at radius 1 is 1.42 bits per heavy atom. The van der Waals surface area contributed by atoms with Crippen LogP contribution in [-0.2, 0) is 4.74 Å². The van der Waals surface area contributed by atoms with E-state index in [0.717, 1.165) is 12.8 Å². The zero-order valence-electron chi connectivity index (χ0n) is 7.36. The molecular weight excluding hydrogens is 156 g/mol. The van der Waals surface area contributed by atoms with Gasteiger partial charge in [-0.15, -0.1) is 0 Å². The number of fused-ring (bicyclic) bond motifs is 2. The molecule has 0 amide bonds. The van der Waals surface area contributed by atoms with Crippen LogP contribution in [0.15, 0.2) is 0 Å². The molecule has 2 saturated heterocycles. The summed E-state index contributed by atoms with van der Waals surface area (Å²) in [6.07, 6.45) is 2.24. The van der Waals surface area contributed by atoms with Crippen LogP contribution in [-0.4, -0.2) is 35.1 Å². The molecule has 0 saturated carbocycles. The van der Waals surface area contributed by atoms with Gasteiger partial charge in [0.25, 0.3) is 0 Å². The lowest BCUT2D eigenvalue weighted by Crippen LogP contribution is -2.45. The van der Waals surface area contributed by atoms with Gasteiger partial charge in [0.2, 0.25) is 0 Å². The molecule has 0 aromatic rings.